The predicted molar refractivity (Wildman–Crippen MR) is 113 cm³/mol. The zero-order valence-corrected chi connectivity index (χ0v) is 16.9. The highest BCUT2D eigenvalue weighted by molar-refractivity contribution is 7.99. The van der Waals surface area contributed by atoms with E-state index < -0.39 is 18.5 Å². The highest BCUT2D eigenvalue weighted by atomic mass is 32.2. The van der Waals surface area contributed by atoms with E-state index >= 15 is 0 Å². The Hall–Kier alpha value is -2.97. The lowest BCUT2D eigenvalue weighted by Crippen LogP contribution is -2.28. The van der Waals surface area contributed by atoms with E-state index in [0.717, 1.165) is 21.6 Å². The van der Waals surface area contributed by atoms with E-state index in [-0.39, 0.29) is 5.75 Å². The summed E-state index contributed by atoms with van der Waals surface area (Å²) in [6.45, 7) is -0.393. The van der Waals surface area contributed by atoms with E-state index in [1.54, 1.807) is 24.3 Å². The van der Waals surface area contributed by atoms with Gasteiger partial charge >= 0.3 is 5.97 Å². The topological polar surface area (TPSA) is 82.3 Å². The average molecular weight is 427 g/mol. The molecule has 1 aromatic heterocycles. The van der Waals surface area contributed by atoms with Crippen LogP contribution in [0.4, 0.5) is 5.69 Å². The van der Waals surface area contributed by atoms with Crippen molar-refractivity contribution in [2.24, 2.45) is 0 Å². The Labute approximate surface area is 176 Å². The van der Waals surface area contributed by atoms with E-state index in [2.05, 4.69) is 5.32 Å². The monoisotopic (exact) mass is 426 g/mol. The van der Waals surface area contributed by atoms with Crippen molar-refractivity contribution < 1.29 is 19.1 Å². The van der Waals surface area contributed by atoms with Gasteiger partial charge in [0.05, 0.1) is 5.69 Å². The van der Waals surface area contributed by atoms with Gasteiger partial charge in [-0.3, -0.25) is 9.59 Å². The zero-order valence-electron chi connectivity index (χ0n) is 15.3. The molecule has 0 aliphatic heterocycles. The Bertz CT molecular complexity index is 983. The van der Waals surface area contributed by atoms with Gasteiger partial charge in [-0.15, -0.1) is 0 Å². The summed E-state index contributed by atoms with van der Waals surface area (Å²) in [6.07, 6.45) is 1.35. The Balaban J connectivity index is 1.49. The van der Waals surface area contributed by atoms with Crippen LogP contribution in [0.2, 0.25) is 0 Å². The van der Waals surface area contributed by atoms with Crippen molar-refractivity contribution in [3.63, 3.8) is 0 Å². The number of amides is 1. The number of hydrogen-bond donors (Lipinski definition) is 1. The molecular weight excluding hydrogens is 408 g/mol. The first-order valence-electron chi connectivity index (χ1n) is 8.70. The minimum absolute atomic E-state index is 0.0556. The third-order valence-corrected chi connectivity index (χ3v) is 5.70. The summed E-state index contributed by atoms with van der Waals surface area (Å²) in [6, 6.07) is 22.2. The molecule has 148 valence electrons. The summed E-state index contributed by atoms with van der Waals surface area (Å²) in [4.78, 5) is 26.0. The van der Waals surface area contributed by atoms with Crippen LogP contribution >= 0.6 is 23.5 Å². The predicted octanol–water partition coefficient (Wildman–Crippen LogP) is 3.75. The van der Waals surface area contributed by atoms with Crippen LogP contribution < -0.4 is 10.0 Å². The molecule has 0 saturated heterocycles. The Morgan fingerprint density at radius 3 is 2.48 bits per heavy atom. The van der Waals surface area contributed by atoms with E-state index in [4.69, 9.17) is 4.74 Å². The van der Waals surface area contributed by atoms with E-state index in [0.29, 0.717) is 15.4 Å². The maximum atomic E-state index is 12.2. The summed E-state index contributed by atoms with van der Waals surface area (Å²) in [5, 5.41) is 14.7. The van der Waals surface area contributed by atoms with Crippen LogP contribution in [-0.2, 0) is 14.3 Å². The van der Waals surface area contributed by atoms with Gasteiger partial charge in [-0.1, -0.05) is 42.1 Å². The zero-order chi connectivity index (χ0) is 20.5. The third kappa shape index (κ3) is 6.55. The lowest BCUT2D eigenvalue weighted by atomic mass is 10.3. The van der Waals surface area contributed by atoms with Gasteiger partial charge in [0.2, 0.25) is 0 Å². The first kappa shape index (κ1) is 20.8. The fourth-order valence-corrected chi connectivity index (χ4v) is 3.94. The van der Waals surface area contributed by atoms with Crippen molar-refractivity contribution in [1.82, 2.24) is 0 Å². The smallest absolute Gasteiger partial charge is 0.317 e. The molecule has 0 fully saturated rings. The highest BCUT2D eigenvalue weighted by Crippen LogP contribution is 2.33. The number of anilines is 1. The van der Waals surface area contributed by atoms with Crippen LogP contribution in [0.25, 0.3) is 0 Å². The van der Waals surface area contributed by atoms with Crippen molar-refractivity contribution >= 4 is 41.1 Å². The number of carbonyl (C=O) groups excluding carboxylic acids is 2. The van der Waals surface area contributed by atoms with E-state index in [1.165, 1.54) is 18.0 Å². The van der Waals surface area contributed by atoms with Gasteiger partial charge in [-0.25, -0.2) is 0 Å². The number of benzene rings is 2. The molecule has 3 rings (SSSR count). The number of aromatic nitrogens is 1. The number of carbonyl (C=O) groups is 2. The number of nitrogens with zero attached hydrogens (tertiary/aromatic N) is 1. The van der Waals surface area contributed by atoms with E-state index in [9.17, 15) is 14.8 Å². The number of esters is 1. The van der Waals surface area contributed by atoms with E-state index in [1.807, 2.05) is 48.5 Å². The molecule has 29 heavy (non-hydrogen) atoms. The lowest BCUT2D eigenvalue weighted by Gasteiger charge is -2.11. The second-order valence-electron chi connectivity index (χ2n) is 5.77. The molecule has 3 aromatic rings. The molecule has 1 amide bonds. The van der Waals surface area contributed by atoms with Crippen molar-refractivity contribution in [1.29, 1.82) is 0 Å². The first-order valence-corrected chi connectivity index (χ1v) is 10.5. The minimum Gasteiger partial charge on any atom is -0.618 e. The van der Waals surface area contributed by atoms with Crippen LogP contribution in [0.5, 0.6) is 0 Å². The Kier molecular flexibility index (Phi) is 7.54. The summed E-state index contributed by atoms with van der Waals surface area (Å²) in [7, 11) is 0. The van der Waals surface area contributed by atoms with Crippen LogP contribution in [0, 0.1) is 5.21 Å². The Morgan fingerprint density at radius 2 is 1.69 bits per heavy atom. The molecule has 2 aromatic carbocycles. The van der Waals surface area contributed by atoms with Gasteiger partial charge in [0.15, 0.2) is 12.8 Å². The van der Waals surface area contributed by atoms with Crippen LogP contribution in [0.1, 0.15) is 0 Å². The molecule has 0 aliphatic rings. The molecule has 0 radical (unpaired) electrons. The number of nitrogens with one attached hydrogen (secondary N) is 1. The summed E-state index contributed by atoms with van der Waals surface area (Å²) in [5.74, 6) is -1.05. The van der Waals surface area contributed by atoms with Crippen LogP contribution in [0.15, 0.2) is 93.8 Å². The van der Waals surface area contributed by atoms with Crippen molar-refractivity contribution in [3.8, 4) is 0 Å². The molecule has 0 aliphatic carbocycles. The number of para-hydroxylation sites is 1. The van der Waals surface area contributed by atoms with Crippen LogP contribution in [-0.4, -0.2) is 24.2 Å². The summed E-state index contributed by atoms with van der Waals surface area (Å²) < 4.78 is 5.68. The van der Waals surface area contributed by atoms with Crippen molar-refractivity contribution in [2.45, 2.75) is 14.8 Å². The molecule has 1 N–H and O–H groups in total. The maximum absolute atomic E-state index is 12.2. The molecule has 6 nitrogen and oxygen atoms in total. The number of pyridine rings is 1. The molecule has 0 spiro atoms. The largest absolute Gasteiger partial charge is 0.618 e. The second-order valence-corrected chi connectivity index (χ2v) is 7.88. The number of ether oxygens (including phenoxy) is 1. The SMILES string of the molecule is O=C(COC(=O)CSc1cccc[n+]1[O-])Nc1ccccc1Sc1ccccc1. The number of rotatable bonds is 8. The molecule has 1 heterocycles. The average Bonchev–Trinajstić information content (AvgIpc) is 2.74. The lowest BCUT2D eigenvalue weighted by molar-refractivity contribution is -0.645. The summed E-state index contributed by atoms with van der Waals surface area (Å²) >= 11 is 2.59. The normalized spacial score (nSPS) is 10.3. The third-order valence-electron chi connectivity index (χ3n) is 3.62. The molecular formula is C21H18N2O4S2. The molecule has 0 atom stereocenters. The van der Waals surface area contributed by atoms with Crippen molar-refractivity contribution in [2.75, 3.05) is 17.7 Å². The minimum atomic E-state index is -0.569. The molecule has 0 unspecified atom stereocenters. The maximum Gasteiger partial charge on any atom is 0.317 e. The highest BCUT2D eigenvalue weighted by Gasteiger charge is 2.13. The summed E-state index contributed by atoms with van der Waals surface area (Å²) in [5.41, 5.74) is 0.647. The van der Waals surface area contributed by atoms with Gasteiger partial charge in [-0.05, 0) is 42.1 Å². The number of thioether (sulfide) groups is 1. The van der Waals surface area contributed by atoms with Crippen molar-refractivity contribution in [3.05, 3.63) is 84.2 Å². The second kappa shape index (κ2) is 10.5. The van der Waals surface area contributed by atoms with Crippen LogP contribution in [0.3, 0.4) is 0 Å². The molecule has 0 saturated carbocycles. The van der Waals surface area contributed by atoms with Gasteiger partial charge in [0, 0.05) is 21.9 Å². The quantitative estimate of drug-likeness (QED) is 0.256. The fraction of sp³-hybridized carbons (Fsp3) is 0.0952. The van der Waals surface area contributed by atoms with Gasteiger partial charge in [0.25, 0.3) is 10.9 Å². The molecule has 0 bridgehead atoms. The van der Waals surface area contributed by atoms with Gasteiger partial charge in [-0.2, -0.15) is 4.73 Å². The standard InChI is InChI=1S/C21H18N2O4S2/c24-19(14-27-21(25)15-28-20-12-6-7-13-23(20)26)22-17-10-4-5-11-18(17)29-16-8-2-1-3-9-16/h1-13H,14-15H2,(H,22,24). The number of hydrogen-bond acceptors (Lipinski definition) is 6. The fourth-order valence-electron chi connectivity index (χ4n) is 2.31. The van der Waals surface area contributed by atoms with Gasteiger partial charge < -0.3 is 15.3 Å². The molecule has 8 heteroatoms. The van der Waals surface area contributed by atoms with Gasteiger partial charge in [0.1, 0.15) is 5.75 Å². The Morgan fingerprint density at radius 1 is 0.966 bits per heavy atom. The first-order chi connectivity index (χ1) is 14.1.